The Morgan fingerprint density at radius 3 is 2.90 bits per heavy atom. The van der Waals surface area contributed by atoms with E-state index in [4.69, 9.17) is 10.5 Å². The van der Waals surface area contributed by atoms with E-state index in [1.165, 1.54) is 0 Å². The third-order valence-corrected chi connectivity index (χ3v) is 4.07. The van der Waals surface area contributed by atoms with Gasteiger partial charge in [-0.05, 0) is 36.2 Å². The number of ether oxygens (including phenoxy) is 1. The molecule has 1 heterocycles. The molecule has 2 aromatic rings. The molecule has 0 saturated carbocycles. The van der Waals surface area contributed by atoms with Gasteiger partial charge in [0.2, 0.25) is 0 Å². The highest BCUT2D eigenvalue weighted by atomic mass is 79.9. The molecule has 0 bridgehead atoms. The first-order valence-electron chi connectivity index (χ1n) is 6.43. The van der Waals surface area contributed by atoms with Gasteiger partial charge in [0.05, 0.1) is 12.2 Å². The van der Waals surface area contributed by atoms with Crippen molar-refractivity contribution in [2.45, 2.75) is 13.3 Å². The standard InChI is InChI=1S/C16H14BrNO2/c1-9-12(3-2-4-14(9)18)15(19)13-8-11(17)7-10-5-6-20-16(10)13/h2-4,7-8H,5-6,18H2,1H3. The summed E-state index contributed by atoms with van der Waals surface area (Å²) < 4.78 is 6.52. The molecule has 0 aromatic heterocycles. The molecular weight excluding hydrogens is 318 g/mol. The number of nitrogens with two attached hydrogens (primary N) is 1. The summed E-state index contributed by atoms with van der Waals surface area (Å²) in [5.74, 6) is 0.661. The van der Waals surface area contributed by atoms with E-state index in [1.54, 1.807) is 18.2 Å². The minimum atomic E-state index is -0.0470. The molecule has 20 heavy (non-hydrogen) atoms. The lowest BCUT2D eigenvalue weighted by atomic mass is 9.96. The maximum Gasteiger partial charge on any atom is 0.197 e. The van der Waals surface area contributed by atoms with Crippen LogP contribution in [0, 0.1) is 6.92 Å². The van der Waals surface area contributed by atoms with Crippen molar-refractivity contribution in [3.05, 3.63) is 57.1 Å². The van der Waals surface area contributed by atoms with Crippen molar-refractivity contribution in [1.82, 2.24) is 0 Å². The molecule has 0 radical (unpaired) electrons. The van der Waals surface area contributed by atoms with Gasteiger partial charge in [-0.1, -0.05) is 28.1 Å². The van der Waals surface area contributed by atoms with Crippen LogP contribution < -0.4 is 10.5 Å². The van der Waals surface area contributed by atoms with E-state index in [0.717, 1.165) is 22.0 Å². The van der Waals surface area contributed by atoms with Gasteiger partial charge in [-0.25, -0.2) is 0 Å². The zero-order valence-electron chi connectivity index (χ0n) is 11.1. The quantitative estimate of drug-likeness (QED) is 0.676. The predicted octanol–water partition coefficient (Wildman–Crippen LogP) is 3.51. The monoisotopic (exact) mass is 331 g/mol. The summed E-state index contributed by atoms with van der Waals surface area (Å²) in [6.45, 7) is 2.49. The van der Waals surface area contributed by atoms with Crippen molar-refractivity contribution < 1.29 is 9.53 Å². The molecule has 3 nitrogen and oxygen atoms in total. The van der Waals surface area contributed by atoms with Gasteiger partial charge >= 0.3 is 0 Å². The first kappa shape index (κ1) is 13.2. The predicted molar refractivity (Wildman–Crippen MR) is 82.4 cm³/mol. The Hall–Kier alpha value is -1.81. The number of hydrogen-bond acceptors (Lipinski definition) is 3. The van der Waals surface area contributed by atoms with Crippen molar-refractivity contribution in [3.8, 4) is 5.75 Å². The van der Waals surface area contributed by atoms with Gasteiger partial charge in [0, 0.05) is 22.1 Å². The Kier molecular flexibility index (Phi) is 3.26. The second-order valence-electron chi connectivity index (χ2n) is 4.89. The van der Waals surface area contributed by atoms with Crippen LogP contribution >= 0.6 is 15.9 Å². The van der Waals surface area contributed by atoms with Crippen molar-refractivity contribution in [2.75, 3.05) is 12.3 Å². The zero-order chi connectivity index (χ0) is 14.3. The molecule has 0 saturated heterocycles. The lowest BCUT2D eigenvalue weighted by molar-refractivity contribution is 0.103. The minimum absolute atomic E-state index is 0.0470. The number of ketones is 1. The molecular formula is C16H14BrNO2. The number of carbonyl (C=O) groups excluding carboxylic acids is 1. The van der Waals surface area contributed by atoms with Crippen LogP contribution in [0.4, 0.5) is 5.69 Å². The van der Waals surface area contributed by atoms with E-state index in [0.29, 0.717) is 29.2 Å². The van der Waals surface area contributed by atoms with Crippen LogP contribution in [0.2, 0.25) is 0 Å². The Labute approximate surface area is 125 Å². The fraction of sp³-hybridized carbons (Fsp3) is 0.188. The smallest absolute Gasteiger partial charge is 0.197 e. The maximum absolute atomic E-state index is 12.8. The average Bonchev–Trinajstić information content (AvgIpc) is 2.88. The van der Waals surface area contributed by atoms with E-state index in [-0.39, 0.29) is 5.78 Å². The second kappa shape index (κ2) is 4.94. The lowest BCUT2D eigenvalue weighted by Crippen LogP contribution is -2.07. The molecule has 0 aliphatic carbocycles. The van der Waals surface area contributed by atoms with Crippen molar-refractivity contribution >= 4 is 27.4 Å². The fourth-order valence-electron chi connectivity index (χ4n) is 2.48. The first-order chi connectivity index (χ1) is 9.58. The summed E-state index contributed by atoms with van der Waals surface area (Å²) in [7, 11) is 0. The maximum atomic E-state index is 12.8. The summed E-state index contributed by atoms with van der Waals surface area (Å²) in [6.07, 6.45) is 0.838. The van der Waals surface area contributed by atoms with Crippen LogP contribution in [0.15, 0.2) is 34.8 Å². The summed E-state index contributed by atoms with van der Waals surface area (Å²) in [5.41, 5.74) is 9.62. The number of nitrogen functional groups attached to an aromatic ring is 1. The molecule has 0 unspecified atom stereocenters. The Bertz CT molecular complexity index is 710. The number of rotatable bonds is 2. The van der Waals surface area contributed by atoms with Gasteiger partial charge in [0.1, 0.15) is 5.75 Å². The molecule has 0 atom stereocenters. The van der Waals surface area contributed by atoms with Gasteiger partial charge in [-0.2, -0.15) is 0 Å². The number of halogens is 1. The summed E-state index contributed by atoms with van der Waals surface area (Å²) >= 11 is 3.46. The Balaban J connectivity index is 2.14. The number of carbonyl (C=O) groups is 1. The third-order valence-electron chi connectivity index (χ3n) is 3.61. The van der Waals surface area contributed by atoms with Crippen molar-refractivity contribution in [3.63, 3.8) is 0 Å². The largest absolute Gasteiger partial charge is 0.492 e. The molecule has 2 N–H and O–H groups in total. The number of hydrogen-bond donors (Lipinski definition) is 1. The van der Waals surface area contributed by atoms with Crippen molar-refractivity contribution in [1.29, 1.82) is 0 Å². The number of benzene rings is 2. The fourth-order valence-corrected chi connectivity index (χ4v) is 2.99. The van der Waals surface area contributed by atoms with Gasteiger partial charge in [0.25, 0.3) is 0 Å². The average molecular weight is 332 g/mol. The normalized spacial score (nSPS) is 12.9. The molecule has 4 heteroatoms. The van der Waals surface area contributed by atoms with Gasteiger partial charge in [-0.3, -0.25) is 4.79 Å². The highest BCUT2D eigenvalue weighted by Crippen LogP contribution is 2.35. The molecule has 2 aromatic carbocycles. The van der Waals surface area contributed by atoms with Crippen LogP contribution in [-0.2, 0) is 6.42 Å². The Morgan fingerprint density at radius 1 is 1.30 bits per heavy atom. The van der Waals surface area contributed by atoms with E-state index in [1.807, 2.05) is 19.1 Å². The number of anilines is 1. The topological polar surface area (TPSA) is 52.3 Å². The zero-order valence-corrected chi connectivity index (χ0v) is 12.7. The van der Waals surface area contributed by atoms with Gasteiger partial charge in [-0.15, -0.1) is 0 Å². The first-order valence-corrected chi connectivity index (χ1v) is 7.22. The lowest BCUT2D eigenvalue weighted by Gasteiger charge is -2.11. The highest BCUT2D eigenvalue weighted by Gasteiger charge is 2.23. The SMILES string of the molecule is Cc1c(N)cccc1C(=O)c1cc(Br)cc2c1OCC2. The minimum Gasteiger partial charge on any atom is -0.492 e. The van der Waals surface area contributed by atoms with Crippen LogP contribution in [0.25, 0.3) is 0 Å². The Morgan fingerprint density at radius 2 is 2.10 bits per heavy atom. The second-order valence-corrected chi connectivity index (χ2v) is 5.80. The van der Waals surface area contributed by atoms with Crippen LogP contribution in [-0.4, -0.2) is 12.4 Å². The third kappa shape index (κ3) is 2.10. The molecule has 0 spiro atoms. The molecule has 0 fully saturated rings. The summed E-state index contributed by atoms with van der Waals surface area (Å²) in [6, 6.07) is 9.22. The van der Waals surface area contributed by atoms with Crippen molar-refractivity contribution in [2.24, 2.45) is 0 Å². The summed E-state index contributed by atoms with van der Waals surface area (Å²) in [4.78, 5) is 12.8. The van der Waals surface area contributed by atoms with Gasteiger partial charge in [0.15, 0.2) is 5.78 Å². The molecule has 3 rings (SSSR count). The van der Waals surface area contributed by atoms with Crippen LogP contribution in [0.1, 0.15) is 27.0 Å². The van der Waals surface area contributed by atoms with E-state index in [2.05, 4.69) is 15.9 Å². The molecule has 1 aliphatic heterocycles. The molecule has 1 aliphatic rings. The van der Waals surface area contributed by atoms with E-state index >= 15 is 0 Å². The van der Waals surface area contributed by atoms with Crippen LogP contribution in [0.3, 0.4) is 0 Å². The summed E-state index contributed by atoms with van der Waals surface area (Å²) in [5, 5.41) is 0. The highest BCUT2D eigenvalue weighted by molar-refractivity contribution is 9.10. The van der Waals surface area contributed by atoms with Crippen LogP contribution in [0.5, 0.6) is 5.75 Å². The molecule has 102 valence electrons. The van der Waals surface area contributed by atoms with E-state index in [9.17, 15) is 4.79 Å². The molecule has 0 amide bonds. The van der Waals surface area contributed by atoms with E-state index < -0.39 is 0 Å². The van der Waals surface area contributed by atoms with Gasteiger partial charge < -0.3 is 10.5 Å². The number of fused-ring (bicyclic) bond motifs is 1.